The van der Waals surface area contributed by atoms with Crippen molar-refractivity contribution in [3.05, 3.63) is 83.2 Å². The van der Waals surface area contributed by atoms with Gasteiger partial charge in [-0.05, 0) is 36.4 Å². The van der Waals surface area contributed by atoms with Crippen LogP contribution >= 0.6 is 23.2 Å². The maximum absolute atomic E-state index is 6.50. The monoisotopic (exact) mass is 472 g/mol. The maximum Gasteiger partial charge on any atom is 0.247 e. The molecule has 2 atom stereocenters. The van der Waals surface area contributed by atoms with Crippen molar-refractivity contribution in [2.24, 2.45) is 0 Å². The van der Waals surface area contributed by atoms with Crippen LogP contribution in [0.25, 0.3) is 11.5 Å². The van der Waals surface area contributed by atoms with Gasteiger partial charge in [0.15, 0.2) is 0 Å². The van der Waals surface area contributed by atoms with Crippen LogP contribution in [0.3, 0.4) is 0 Å². The second-order valence-electron chi connectivity index (χ2n) is 7.24. The van der Waals surface area contributed by atoms with Crippen LogP contribution in [0.2, 0.25) is 10.0 Å². The average Bonchev–Trinajstić information content (AvgIpc) is 3.56. The Bertz CT molecular complexity index is 1170. The number of imidazole rings is 1. The number of hydrogen-bond donors (Lipinski definition) is 0. The van der Waals surface area contributed by atoms with Gasteiger partial charge in [0.25, 0.3) is 0 Å². The van der Waals surface area contributed by atoms with Gasteiger partial charge in [-0.2, -0.15) is 0 Å². The molecule has 8 nitrogen and oxygen atoms in total. The molecule has 10 heteroatoms. The Morgan fingerprint density at radius 3 is 2.75 bits per heavy atom. The van der Waals surface area contributed by atoms with Crippen LogP contribution in [0.4, 0.5) is 0 Å². The summed E-state index contributed by atoms with van der Waals surface area (Å²) in [5.74, 6) is 0.0554. The van der Waals surface area contributed by atoms with Crippen molar-refractivity contribution in [3.63, 3.8) is 0 Å². The first-order valence-corrected chi connectivity index (χ1v) is 10.6. The molecule has 0 radical (unpaired) electrons. The van der Waals surface area contributed by atoms with Gasteiger partial charge < -0.3 is 23.2 Å². The number of hydrogen-bond acceptors (Lipinski definition) is 7. The smallest absolute Gasteiger partial charge is 0.247 e. The van der Waals surface area contributed by atoms with Crippen molar-refractivity contribution in [2.45, 2.75) is 18.4 Å². The minimum Gasteiger partial charge on any atom is -0.491 e. The van der Waals surface area contributed by atoms with Gasteiger partial charge in [0, 0.05) is 28.5 Å². The number of halogens is 2. The highest BCUT2D eigenvalue weighted by molar-refractivity contribution is 6.35. The molecule has 0 amide bonds. The largest absolute Gasteiger partial charge is 0.491 e. The zero-order valence-corrected chi connectivity index (χ0v) is 18.2. The van der Waals surface area contributed by atoms with E-state index in [1.807, 2.05) is 41.1 Å². The summed E-state index contributed by atoms with van der Waals surface area (Å²) in [6.07, 6.45) is 6.23. The van der Waals surface area contributed by atoms with Gasteiger partial charge in [0.1, 0.15) is 18.5 Å². The van der Waals surface area contributed by atoms with E-state index in [1.165, 1.54) is 6.39 Å². The van der Waals surface area contributed by atoms with Gasteiger partial charge in [-0.15, -0.1) is 10.2 Å². The lowest BCUT2D eigenvalue weighted by atomic mass is 10.1. The Hall–Kier alpha value is -2.91. The van der Waals surface area contributed by atoms with Gasteiger partial charge in [0.05, 0.1) is 24.5 Å². The molecule has 2 aromatic carbocycles. The molecule has 2 aromatic heterocycles. The SMILES string of the molecule is Clc1ccc(C2(Cn3ccnc3)OCC(COc3ccc(-c4nnco4)cc3)O2)c(Cl)c1. The highest BCUT2D eigenvalue weighted by Gasteiger charge is 2.45. The summed E-state index contributed by atoms with van der Waals surface area (Å²) < 4.78 is 25.6. The molecule has 164 valence electrons. The molecular weight excluding hydrogens is 455 g/mol. The Balaban J connectivity index is 1.30. The fourth-order valence-electron chi connectivity index (χ4n) is 3.56. The number of ether oxygens (including phenoxy) is 3. The highest BCUT2D eigenvalue weighted by atomic mass is 35.5. The van der Waals surface area contributed by atoms with Crippen molar-refractivity contribution in [1.82, 2.24) is 19.7 Å². The fraction of sp³-hybridized carbons (Fsp3) is 0.227. The molecule has 1 aliphatic rings. The van der Waals surface area contributed by atoms with E-state index in [-0.39, 0.29) is 6.10 Å². The summed E-state index contributed by atoms with van der Waals surface area (Å²) in [6.45, 7) is 1.02. The Morgan fingerprint density at radius 2 is 2.03 bits per heavy atom. The van der Waals surface area contributed by atoms with Gasteiger partial charge in [-0.3, -0.25) is 0 Å². The second kappa shape index (κ2) is 8.91. The molecule has 4 aromatic rings. The third-order valence-electron chi connectivity index (χ3n) is 5.05. The molecule has 3 heterocycles. The quantitative estimate of drug-likeness (QED) is 0.388. The number of aromatic nitrogens is 4. The first-order valence-electron chi connectivity index (χ1n) is 9.84. The topological polar surface area (TPSA) is 84.4 Å². The van der Waals surface area contributed by atoms with Crippen molar-refractivity contribution >= 4 is 23.2 Å². The van der Waals surface area contributed by atoms with Crippen LogP contribution in [0.1, 0.15) is 5.56 Å². The van der Waals surface area contributed by atoms with Crippen LogP contribution in [-0.2, 0) is 21.8 Å². The molecule has 1 fully saturated rings. The number of rotatable bonds is 7. The minimum absolute atomic E-state index is 0.302. The molecule has 1 saturated heterocycles. The summed E-state index contributed by atoms with van der Waals surface area (Å²) in [4.78, 5) is 4.10. The zero-order chi connectivity index (χ0) is 22.0. The normalized spacial score (nSPS) is 20.5. The zero-order valence-electron chi connectivity index (χ0n) is 16.7. The standard InChI is InChI=1S/C22H18Cl2N4O4/c23-16-3-6-19(20(24)9-16)22(12-28-8-7-25-13-28)31-11-18(32-22)10-29-17-4-1-15(2-5-17)21-27-26-14-30-21/h1-9,13-14,18H,10-12H2. The van der Waals surface area contributed by atoms with Crippen molar-refractivity contribution in [1.29, 1.82) is 0 Å². The van der Waals surface area contributed by atoms with Crippen LogP contribution in [0, 0.1) is 0 Å². The second-order valence-corrected chi connectivity index (χ2v) is 8.09. The van der Waals surface area contributed by atoms with E-state index in [0.29, 0.717) is 47.0 Å². The van der Waals surface area contributed by atoms with Gasteiger partial charge >= 0.3 is 0 Å². The Morgan fingerprint density at radius 1 is 1.16 bits per heavy atom. The molecule has 0 bridgehead atoms. The molecule has 0 aliphatic carbocycles. The van der Waals surface area contributed by atoms with Crippen molar-refractivity contribution < 1.29 is 18.6 Å². The Labute approximate surface area is 193 Å². The number of benzene rings is 2. The number of nitrogens with zero attached hydrogens (tertiary/aromatic N) is 4. The van der Waals surface area contributed by atoms with Gasteiger partial charge in [-0.1, -0.05) is 29.3 Å². The van der Waals surface area contributed by atoms with Crippen molar-refractivity contribution in [2.75, 3.05) is 13.2 Å². The van der Waals surface area contributed by atoms with E-state index in [9.17, 15) is 0 Å². The van der Waals surface area contributed by atoms with Crippen LogP contribution in [-0.4, -0.2) is 39.1 Å². The lowest BCUT2D eigenvalue weighted by Crippen LogP contribution is -2.34. The lowest BCUT2D eigenvalue weighted by molar-refractivity contribution is -0.189. The summed E-state index contributed by atoms with van der Waals surface area (Å²) >= 11 is 12.6. The molecule has 2 unspecified atom stereocenters. The van der Waals surface area contributed by atoms with Gasteiger partial charge in [0.2, 0.25) is 18.1 Å². The fourth-order valence-corrected chi connectivity index (χ4v) is 4.11. The molecule has 1 aliphatic heterocycles. The van der Waals surface area contributed by atoms with E-state index in [0.717, 1.165) is 5.56 Å². The third-order valence-corrected chi connectivity index (χ3v) is 5.60. The third kappa shape index (κ3) is 4.35. The molecule has 0 spiro atoms. The Kier molecular flexibility index (Phi) is 5.84. The van der Waals surface area contributed by atoms with Crippen molar-refractivity contribution in [3.8, 4) is 17.2 Å². The summed E-state index contributed by atoms with van der Waals surface area (Å²) in [5.41, 5.74) is 1.51. The predicted octanol–water partition coefficient (Wildman–Crippen LogP) is 4.59. The van der Waals surface area contributed by atoms with Crippen LogP contribution < -0.4 is 4.74 Å². The molecule has 5 rings (SSSR count). The first kappa shape index (κ1) is 21.0. The van der Waals surface area contributed by atoms with E-state index in [1.54, 1.807) is 24.7 Å². The first-order chi connectivity index (χ1) is 15.6. The minimum atomic E-state index is -1.09. The predicted molar refractivity (Wildman–Crippen MR) is 116 cm³/mol. The van der Waals surface area contributed by atoms with Crippen LogP contribution in [0.15, 0.2) is 72.0 Å². The summed E-state index contributed by atoms with van der Waals surface area (Å²) in [7, 11) is 0. The van der Waals surface area contributed by atoms with E-state index >= 15 is 0 Å². The molecule has 32 heavy (non-hydrogen) atoms. The highest BCUT2D eigenvalue weighted by Crippen LogP contribution is 2.40. The van der Waals surface area contributed by atoms with E-state index < -0.39 is 5.79 Å². The summed E-state index contributed by atoms with van der Waals surface area (Å²) in [6, 6.07) is 12.6. The average molecular weight is 473 g/mol. The van der Waals surface area contributed by atoms with E-state index in [4.69, 9.17) is 41.8 Å². The van der Waals surface area contributed by atoms with E-state index in [2.05, 4.69) is 15.2 Å². The maximum atomic E-state index is 6.50. The molecule has 0 saturated carbocycles. The van der Waals surface area contributed by atoms with Crippen LogP contribution in [0.5, 0.6) is 5.75 Å². The molecule has 0 N–H and O–H groups in total. The lowest BCUT2D eigenvalue weighted by Gasteiger charge is -2.30. The summed E-state index contributed by atoms with van der Waals surface area (Å²) in [5, 5.41) is 8.59. The molecular formula is C22H18Cl2N4O4. The van der Waals surface area contributed by atoms with Gasteiger partial charge in [-0.25, -0.2) is 4.98 Å².